The molecule has 3 heterocycles. The average Bonchev–Trinajstić information content (AvgIpc) is 3.24. The number of para-hydroxylation sites is 1. The summed E-state index contributed by atoms with van der Waals surface area (Å²) in [6, 6.07) is 13.4. The maximum absolute atomic E-state index is 12.6. The molecule has 2 aromatic heterocycles. The third-order valence-corrected chi connectivity index (χ3v) is 4.70. The van der Waals surface area contributed by atoms with Crippen LogP contribution in [0.1, 0.15) is 24.6 Å². The summed E-state index contributed by atoms with van der Waals surface area (Å²) in [5.74, 6) is 0.692. The topological polar surface area (TPSA) is 68.2 Å². The number of ether oxygens (including phenoxy) is 1. The minimum atomic E-state index is -0.0105. The molecular formula is C21H20N4O2. The van der Waals surface area contributed by atoms with E-state index in [0.29, 0.717) is 5.75 Å². The molecule has 1 fully saturated rings. The summed E-state index contributed by atoms with van der Waals surface area (Å²) in [7, 11) is 0. The molecule has 0 spiro atoms. The fraction of sp³-hybridized carbons (Fsp3) is 0.238. The smallest absolute Gasteiger partial charge is 0.261 e. The number of rotatable bonds is 5. The molecule has 1 unspecified atom stereocenters. The third kappa shape index (κ3) is 3.95. The second-order valence-electron chi connectivity index (χ2n) is 6.45. The van der Waals surface area contributed by atoms with Crippen molar-refractivity contribution in [2.75, 3.05) is 13.2 Å². The number of aromatic nitrogens is 3. The van der Waals surface area contributed by atoms with E-state index in [1.165, 1.54) is 6.33 Å². The van der Waals surface area contributed by atoms with Gasteiger partial charge in [-0.2, -0.15) is 0 Å². The van der Waals surface area contributed by atoms with Crippen LogP contribution in [0.25, 0.3) is 11.1 Å². The molecule has 1 atom stereocenters. The summed E-state index contributed by atoms with van der Waals surface area (Å²) in [6.45, 7) is 0.775. The van der Waals surface area contributed by atoms with Crippen LogP contribution in [-0.2, 0) is 4.79 Å². The summed E-state index contributed by atoms with van der Waals surface area (Å²) in [4.78, 5) is 27.2. The van der Waals surface area contributed by atoms with E-state index in [9.17, 15) is 4.79 Å². The average molecular weight is 360 g/mol. The normalized spacial score (nSPS) is 16.3. The highest BCUT2D eigenvalue weighted by molar-refractivity contribution is 5.78. The number of carbonyl (C=O) groups excluding carboxylic acids is 1. The maximum atomic E-state index is 12.6. The summed E-state index contributed by atoms with van der Waals surface area (Å²) < 4.78 is 5.62. The Morgan fingerprint density at radius 3 is 2.59 bits per heavy atom. The van der Waals surface area contributed by atoms with Gasteiger partial charge in [-0.05, 0) is 31.0 Å². The van der Waals surface area contributed by atoms with E-state index >= 15 is 0 Å². The summed E-state index contributed by atoms with van der Waals surface area (Å²) in [6.07, 6.45) is 8.72. The fourth-order valence-electron chi connectivity index (χ4n) is 3.34. The number of amides is 1. The van der Waals surface area contributed by atoms with E-state index in [2.05, 4.69) is 15.0 Å². The van der Waals surface area contributed by atoms with Crippen molar-refractivity contribution in [3.05, 3.63) is 73.1 Å². The molecule has 1 amide bonds. The van der Waals surface area contributed by atoms with Gasteiger partial charge in [-0.3, -0.25) is 9.78 Å². The van der Waals surface area contributed by atoms with E-state index in [-0.39, 0.29) is 18.6 Å². The van der Waals surface area contributed by atoms with Crippen molar-refractivity contribution in [1.82, 2.24) is 19.9 Å². The van der Waals surface area contributed by atoms with E-state index in [1.807, 2.05) is 53.6 Å². The fourth-order valence-corrected chi connectivity index (χ4v) is 3.34. The Kier molecular flexibility index (Phi) is 5.05. The van der Waals surface area contributed by atoms with Crippen molar-refractivity contribution in [2.45, 2.75) is 18.9 Å². The zero-order valence-corrected chi connectivity index (χ0v) is 14.9. The zero-order chi connectivity index (χ0) is 18.5. The SMILES string of the molecule is O=C(COc1ccccc1)N1CCCC1c1ccc(-c2cncnc2)cn1. The van der Waals surface area contributed by atoms with E-state index in [1.54, 1.807) is 12.4 Å². The Balaban J connectivity index is 1.44. The van der Waals surface area contributed by atoms with Gasteiger partial charge in [0.1, 0.15) is 12.1 Å². The predicted molar refractivity (Wildman–Crippen MR) is 101 cm³/mol. The van der Waals surface area contributed by atoms with Gasteiger partial charge in [0, 0.05) is 36.3 Å². The maximum Gasteiger partial charge on any atom is 0.261 e. The standard InChI is InChI=1S/C21H20N4O2/c26-21(14-27-18-5-2-1-3-6-18)25-10-4-7-20(25)19-9-8-16(13-24-19)17-11-22-15-23-12-17/h1-3,5-6,8-9,11-13,15,20H,4,7,10,14H2. The van der Waals surface area contributed by atoms with E-state index < -0.39 is 0 Å². The van der Waals surface area contributed by atoms with Crippen molar-refractivity contribution in [1.29, 1.82) is 0 Å². The molecule has 0 aliphatic carbocycles. The molecule has 4 rings (SSSR count). The van der Waals surface area contributed by atoms with Crippen LogP contribution in [-0.4, -0.2) is 38.9 Å². The van der Waals surface area contributed by atoms with Gasteiger partial charge in [0.2, 0.25) is 0 Å². The van der Waals surface area contributed by atoms with E-state index in [4.69, 9.17) is 4.74 Å². The van der Waals surface area contributed by atoms with Gasteiger partial charge in [-0.25, -0.2) is 9.97 Å². The summed E-state index contributed by atoms with van der Waals surface area (Å²) in [5.41, 5.74) is 2.79. The van der Waals surface area contributed by atoms with Gasteiger partial charge in [-0.15, -0.1) is 0 Å². The Hall–Kier alpha value is -3.28. The second-order valence-corrected chi connectivity index (χ2v) is 6.45. The van der Waals surface area contributed by atoms with Crippen LogP contribution in [0.15, 0.2) is 67.4 Å². The molecule has 6 nitrogen and oxygen atoms in total. The molecule has 1 aliphatic rings. The number of hydrogen-bond donors (Lipinski definition) is 0. The summed E-state index contributed by atoms with van der Waals surface area (Å²) in [5, 5.41) is 0. The minimum Gasteiger partial charge on any atom is -0.484 e. The van der Waals surface area contributed by atoms with Crippen molar-refractivity contribution < 1.29 is 9.53 Å². The number of likely N-dealkylation sites (tertiary alicyclic amines) is 1. The van der Waals surface area contributed by atoms with Gasteiger partial charge in [0.15, 0.2) is 6.61 Å². The lowest BCUT2D eigenvalue weighted by Crippen LogP contribution is -2.34. The lowest BCUT2D eigenvalue weighted by Gasteiger charge is -2.24. The minimum absolute atomic E-state index is 0.00190. The van der Waals surface area contributed by atoms with Crippen LogP contribution in [0.4, 0.5) is 0 Å². The number of hydrogen-bond acceptors (Lipinski definition) is 5. The lowest BCUT2D eigenvalue weighted by molar-refractivity contribution is -0.134. The molecule has 0 saturated carbocycles. The Bertz CT molecular complexity index is 885. The van der Waals surface area contributed by atoms with Crippen LogP contribution >= 0.6 is 0 Å². The molecule has 27 heavy (non-hydrogen) atoms. The molecule has 0 bridgehead atoms. The highest BCUT2D eigenvalue weighted by Gasteiger charge is 2.31. The molecule has 1 aromatic carbocycles. The van der Waals surface area contributed by atoms with Gasteiger partial charge < -0.3 is 9.64 Å². The number of carbonyl (C=O) groups is 1. The van der Waals surface area contributed by atoms with Crippen LogP contribution in [0.2, 0.25) is 0 Å². The first kappa shape index (κ1) is 17.1. The first-order chi connectivity index (χ1) is 13.3. The molecule has 0 radical (unpaired) electrons. The second kappa shape index (κ2) is 7.95. The van der Waals surface area contributed by atoms with Crippen molar-refractivity contribution >= 4 is 5.91 Å². The van der Waals surface area contributed by atoms with E-state index in [0.717, 1.165) is 36.2 Å². The molecule has 0 N–H and O–H groups in total. The molecule has 136 valence electrons. The van der Waals surface area contributed by atoms with Crippen LogP contribution in [0.3, 0.4) is 0 Å². The Morgan fingerprint density at radius 1 is 1.04 bits per heavy atom. The highest BCUT2D eigenvalue weighted by Crippen LogP contribution is 2.31. The first-order valence-corrected chi connectivity index (χ1v) is 9.00. The Labute approximate surface area is 157 Å². The van der Waals surface area contributed by atoms with Crippen molar-refractivity contribution in [3.63, 3.8) is 0 Å². The molecule has 1 aliphatic heterocycles. The third-order valence-electron chi connectivity index (χ3n) is 4.70. The molecule has 1 saturated heterocycles. The van der Waals surface area contributed by atoms with Crippen LogP contribution < -0.4 is 4.74 Å². The summed E-state index contributed by atoms with van der Waals surface area (Å²) >= 11 is 0. The van der Waals surface area contributed by atoms with Gasteiger partial charge >= 0.3 is 0 Å². The van der Waals surface area contributed by atoms with Gasteiger partial charge in [0.05, 0.1) is 11.7 Å². The van der Waals surface area contributed by atoms with Crippen LogP contribution in [0.5, 0.6) is 5.75 Å². The number of nitrogens with zero attached hydrogens (tertiary/aromatic N) is 4. The monoisotopic (exact) mass is 360 g/mol. The van der Waals surface area contributed by atoms with Crippen molar-refractivity contribution in [2.24, 2.45) is 0 Å². The first-order valence-electron chi connectivity index (χ1n) is 9.00. The molecule has 6 heteroatoms. The number of pyridine rings is 1. The largest absolute Gasteiger partial charge is 0.484 e. The number of benzene rings is 1. The lowest BCUT2D eigenvalue weighted by atomic mass is 10.1. The molecule has 3 aromatic rings. The van der Waals surface area contributed by atoms with Crippen LogP contribution in [0, 0.1) is 0 Å². The molecular weight excluding hydrogens is 340 g/mol. The Morgan fingerprint density at radius 2 is 1.85 bits per heavy atom. The quantitative estimate of drug-likeness (QED) is 0.698. The van der Waals surface area contributed by atoms with Crippen molar-refractivity contribution in [3.8, 4) is 16.9 Å². The van der Waals surface area contributed by atoms with Gasteiger partial charge in [-0.1, -0.05) is 24.3 Å². The zero-order valence-electron chi connectivity index (χ0n) is 14.9. The highest BCUT2D eigenvalue weighted by atomic mass is 16.5. The van der Waals surface area contributed by atoms with Gasteiger partial charge in [0.25, 0.3) is 5.91 Å². The predicted octanol–water partition coefficient (Wildman–Crippen LogP) is 3.28.